The molecule has 0 aliphatic heterocycles. The second-order valence-corrected chi connectivity index (χ2v) is 6.78. The zero-order chi connectivity index (χ0) is 10.7. The van der Waals surface area contributed by atoms with Gasteiger partial charge >= 0.3 is 0 Å². The molecule has 0 spiro atoms. The first kappa shape index (κ1) is 14.5. The van der Waals surface area contributed by atoms with Crippen molar-refractivity contribution in [2.24, 2.45) is 0 Å². The Morgan fingerprint density at radius 3 is 2.07 bits per heavy atom. The molecule has 0 N–H and O–H groups in total. The molecule has 0 aliphatic rings. The van der Waals surface area contributed by atoms with E-state index in [1.165, 1.54) is 18.2 Å². The van der Waals surface area contributed by atoms with Crippen LogP contribution in [0.5, 0.6) is 0 Å². The van der Waals surface area contributed by atoms with Crippen molar-refractivity contribution in [1.29, 1.82) is 0 Å². The number of halogens is 3. The van der Waals surface area contributed by atoms with E-state index < -0.39 is 20.6 Å². The van der Waals surface area contributed by atoms with E-state index >= 15 is 0 Å². The van der Waals surface area contributed by atoms with E-state index in [4.69, 9.17) is 0 Å². The summed E-state index contributed by atoms with van der Waals surface area (Å²) in [7, 11) is 0.930. The average Bonchev–Trinajstić information content (AvgIpc) is 2.11. The molecule has 0 unspecified atom stereocenters. The van der Waals surface area contributed by atoms with Gasteiger partial charge in [0.15, 0.2) is 0 Å². The Bertz CT molecular complexity index is 300. The number of hydrogen-bond donors (Lipinski definition) is 0. The molecule has 86 valence electrons. The molecule has 0 amide bonds. The lowest BCUT2D eigenvalue weighted by molar-refractivity contribution is 0.468. The molecule has 0 fully saturated rings. The minimum absolute atomic E-state index is 0. The van der Waals surface area contributed by atoms with Gasteiger partial charge in [0.2, 0.25) is 0 Å². The van der Waals surface area contributed by atoms with Crippen molar-refractivity contribution in [3.8, 4) is 0 Å². The van der Waals surface area contributed by atoms with Crippen LogP contribution in [0.2, 0.25) is 13.1 Å². The van der Waals surface area contributed by atoms with Gasteiger partial charge in [-0.25, -0.2) is 8.78 Å². The SMILES string of the molecule is CN(Cc1c(F)cccc1F)[SiH](C)C.Cl. The summed E-state index contributed by atoms with van der Waals surface area (Å²) in [4.78, 5) is 0. The van der Waals surface area contributed by atoms with Gasteiger partial charge in [-0.1, -0.05) is 19.2 Å². The maximum absolute atomic E-state index is 13.2. The quantitative estimate of drug-likeness (QED) is 0.747. The largest absolute Gasteiger partial charge is 0.325 e. The van der Waals surface area contributed by atoms with Crippen molar-refractivity contribution in [2.45, 2.75) is 19.6 Å². The highest BCUT2D eigenvalue weighted by Gasteiger charge is 2.12. The first-order chi connectivity index (χ1) is 6.52. The van der Waals surface area contributed by atoms with Crippen molar-refractivity contribution in [3.05, 3.63) is 35.4 Å². The first-order valence-corrected chi connectivity index (χ1v) is 7.48. The van der Waals surface area contributed by atoms with E-state index in [1.54, 1.807) is 0 Å². The Hall–Kier alpha value is -0.453. The summed E-state index contributed by atoms with van der Waals surface area (Å²) in [6.45, 7) is 4.61. The van der Waals surface area contributed by atoms with Gasteiger partial charge in [0.05, 0.1) is 0 Å². The maximum atomic E-state index is 13.2. The molecule has 0 aliphatic carbocycles. The van der Waals surface area contributed by atoms with Gasteiger partial charge in [-0.2, -0.15) is 0 Å². The summed E-state index contributed by atoms with van der Waals surface area (Å²) in [6, 6.07) is 3.99. The molecule has 15 heavy (non-hydrogen) atoms. The molecule has 0 saturated heterocycles. The Balaban J connectivity index is 0.00000196. The maximum Gasteiger partial charge on any atom is 0.130 e. The summed E-state index contributed by atoms with van der Waals surface area (Å²) in [6.07, 6.45) is 0. The van der Waals surface area contributed by atoms with Gasteiger partial charge in [0, 0.05) is 12.1 Å². The van der Waals surface area contributed by atoms with Crippen molar-refractivity contribution in [3.63, 3.8) is 0 Å². The molecule has 1 rings (SSSR count). The van der Waals surface area contributed by atoms with Crippen LogP contribution in [0.15, 0.2) is 18.2 Å². The van der Waals surface area contributed by atoms with E-state index in [0.717, 1.165) is 0 Å². The summed E-state index contributed by atoms with van der Waals surface area (Å²) in [5, 5.41) is 0. The summed E-state index contributed by atoms with van der Waals surface area (Å²) >= 11 is 0. The summed E-state index contributed by atoms with van der Waals surface area (Å²) < 4.78 is 28.5. The van der Waals surface area contributed by atoms with Crippen molar-refractivity contribution < 1.29 is 8.78 Å². The van der Waals surface area contributed by atoms with E-state index in [9.17, 15) is 8.78 Å². The third kappa shape index (κ3) is 3.89. The first-order valence-electron chi connectivity index (χ1n) is 4.65. The van der Waals surface area contributed by atoms with Gasteiger partial charge in [0.1, 0.15) is 20.6 Å². The molecule has 0 saturated carbocycles. The van der Waals surface area contributed by atoms with Crippen LogP contribution in [0, 0.1) is 11.6 Å². The fourth-order valence-corrected chi connectivity index (χ4v) is 1.66. The molecule has 0 radical (unpaired) electrons. The van der Waals surface area contributed by atoms with E-state index in [-0.39, 0.29) is 18.0 Å². The monoisotopic (exact) mass is 251 g/mol. The Morgan fingerprint density at radius 1 is 1.20 bits per heavy atom. The lowest BCUT2D eigenvalue weighted by Crippen LogP contribution is -2.30. The summed E-state index contributed by atoms with van der Waals surface area (Å²) in [5.41, 5.74) is 0.177. The predicted octanol–water partition coefficient (Wildman–Crippen LogP) is 2.80. The van der Waals surface area contributed by atoms with Gasteiger partial charge in [-0.15, -0.1) is 12.4 Å². The van der Waals surface area contributed by atoms with Crippen LogP contribution in [0.25, 0.3) is 0 Å². The second-order valence-electron chi connectivity index (χ2n) is 3.71. The minimum atomic E-state index is -0.976. The van der Waals surface area contributed by atoms with Crippen LogP contribution >= 0.6 is 12.4 Å². The van der Waals surface area contributed by atoms with Gasteiger partial charge < -0.3 is 4.57 Å². The van der Waals surface area contributed by atoms with Gasteiger partial charge in [0.25, 0.3) is 0 Å². The van der Waals surface area contributed by atoms with E-state index in [1.807, 2.05) is 11.6 Å². The normalized spacial score (nSPS) is 10.6. The smallest absolute Gasteiger partial charge is 0.130 e. The zero-order valence-corrected chi connectivity index (χ0v) is 11.1. The molecular weight excluding hydrogens is 236 g/mol. The zero-order valence-electron chi connectivity index (χ0n) is 9.13. The number of rotatable bonds is 3. The highest BCUT2D eigenvalue weighted by Crippen LogP contribution is 2.14. The van der Waals surface area contributed by atoms with Gasteiger partial charge in [-0.05, 0) is 19.2 Å². The van der Waals surface area contributed by atoms with E-state index in [2.05, 4.69) is 13.1 Å². The van der Waals surface area contributed by atoms with Crippen LogP contribution in [0.3, 0.4) is 0 Å². The third-order valence-corrected chi connectivity index (χ3v) is 4.30. The minimum Gasteiger partial charge on any atom is -0.325 e. The Kier molecular flexibility index (Phi) is 6.01. The Morgan fingerprint density at radius 2 is 1.67 bits per heavy atom. The van der Waals surface area contributed by atoms with Gasteiger partial charge in [-0.3, -0.25) is 0 Å². The number of hydrogen-bond acceptors (Lipinski definition) is 1. The molecule has 1 aromatic rings. The molecule has 0 heterocycles. The highest BCUT2D eigenvalue weighted by molar-refractivity contribution is 6.52. The summed E-state index contributed by atoms with van der Waals surface area (Å²) in [5.74, 6) is -0.905. The fourth-order valence-electron chi connectivity index (χ4n) is 1.12. The van der Waals surface area contributed by atoms with Crippen LogP contribution in [0.4, 0.5) is 8.78 Å². The second kappa shape index (κ2) is 6.20. The average molecular weight is 252 g/mol. The number of nitrogens with zero attached hydrogens (tertiary/aromatic N) is 1. The molecule has 1 nitrogen and oxygen atoms in total. The number of benzene rings is 1. The molecule has 0 bridgehead atoms. The van der Waals surface area contributed by atoms with Crippen molar-refractivity contribution in [2.75, 3.05) is 7.05 Å². The molecular formula is C10H16ClF2NSi. The third-order valence-electron chi connectivity index (χ3n) is 2.35. The van der Waals surface area contributed by atoms with E-state index in [0.29, 0.717) is 6.54 Å². The molecule has 1 aromatic carbocycles. The topological polar surface area (TPSA) is 3.24 Å². The lowest BCUT2D eigenvalue weighted by Gasteiger charge is -2.20. The molecule has 0 aromatic heterocycles. The van der Waals surface area contributed by atoms with Crippen LogP contribution in [0.1, 0.15) is 5.56 Å². The molecule has 0 atom stereocenters. The van der Waals surface area contributed by atoms with Crippen LogP contribution in [-0.2, 0) is 6.54 Å². The van der Waals surface area contributed by atoms with Crippen molar-refractivity contribution >= 4 is 21.4 Å². The fraction of sp³-hybridized carbons (Fsp3) is 0.400. The van der Waals surface area contributed by atoms with Crippen LogP contribution in [-0.4, -0.2) is 20.6 Å². The standard InChI is InChI=1S/C10H15F2NSi.ClH/c1-13(14(2)3)7-8-9(11)5-4-6-10(8)12;/h4-6,14H,7H2,1-3H3;1H. The predicted molar refractivity (Wildman–Crippen MR) is 64.0 cm³/mol. The van der Waals surface area contributed by atoms with Crippen molar-refractivity contribution in [1.82, 2.24) is 4.57 Å². The Labute approximate surface area is 97.2 Å². The highest BCUT2D eigenvalue weighted by atomic mass is 35.5. The molecule has 5 heteroatoms. The van der Waals surface area contributed by atoms with Crippen LogP contribution < -0.4 is 0 Å². The lowest BCUT2D eigenvalue weighted by atomic mass is 10.2.